The normalized spacial score (nSPS) is 23.5. The molecule has 1 rings (SSSR count). The number of β-amino-alcohol motifs (C(OH)–C–C–N with tert-alkyl or cyclic N) is 1. The lowest BCUT2D eigenvalue weighted by molar-refractivity contribution is -0.136. The van der Waals surface area contributed by atoms with Crippen molar-refractivity contribution in [2.75, 3.05) is 26.7 Å². The van der Waals surface area contributed by atoms with Crippen molar-refractivity contribution < 1.29 is 14.7 Å². The topological polar surface area (TPSA) is 81.7 Å². The van der Waals surface area contributed by atoms with Crippen molar-refractivity contribution >= 4 is 11.8 Å². The van der Waals surface area contributed by atoms with E-state index < -0.39 is 6.10 Å². The second-order valence-electron chi connectivity index (χ2n) is 4.39. The summed E-state index contributed by atoms with van der Waals surface area (Å²) in [6.45, 7) is 3.10. The van der Waals surface area contributed by atoms with Crippen LogP contribution >= 0.6 is 0 Å². The molecule has 17 heavy (non-hydrogen) atoms. The van der Waals surface area contributed by atoms with Crippen molar-refractivity contribution in [1.82, 2.24) is 15.5 Å². The summed E-state index contributed by atoms with van der Waals surface area (Å²) in [6.07, 6.45) is 0.825. The molecule has 2 amide bonds. The summed E-state index contributed by atoms with van der Waals surface area (Å²) >= 11 is 0. The first kappa shape index (κ1) is 13.9. The molecule has 6 nitrogen and oxygen atoms in total. The zero-order chi connectivity index (χ0) is 12.8. The van der Waals surface area contributed by atoms with Gasteiger partial charge in [0.1, 0.15) is 0 Å². The fraction of sp³-hybridized carbons (Fsp3) is 0.818. The quantitative estimate of drug-likeness (QED) is 0.560. The lowest BCUT2D eigenvalue weighted by Gasteiger charge is -2.20. The highest BCUT2D eigenvalue weighted by Gasteiger charge is 2.30. The number of hydrogen-bond donors (Lipinski definition) is 3. The minimum atomic E-state index is -0.466. The standard InChI is InChI=1S/C11H21N3O3/c1-3-4-12-10(16)7-14(2)11(17)9-5-8(15)6-13-9/h8-9,13,15H,3-7H2,1-2H3,(H,12,16). The van der Waals surface area contributed by atoms with Crippen LogP contribution in [0.5, 0.6) is 0 Å². The third kappa shape index (κ3) is 4.32. The third-order valence-electron chi connectivity index (χ3n) is 2.73. The van der Waals surface area contributed by atoms with Gasteiger partial charge < -0.3 is 20.6 Å². The number of amides is 2. The SMILES string of the molecule is CCCNC(=O)CN(C)C(=O)C1CC(O)CN1. The fourth-order valence-corrected chi connectivity index (χ4v) is 1.78. The number of carbonyl (C=O) groups excluding carboxylic acids is 2. The minimum Gasteiger partial charge on any atom is -0.392 e. The summed E-state index contributed by atoms with van der Waals surface area (Å²) in [5.74, 6) is -0.297. The predicted octanol–water partition coefficient (Wildman–Crippen LogP) is -1.31. The molecule has 1 fully saturated rings. The van der Waals surface area contributed by atoms with Crippen LogP contribution < -0.4 is 10.6 Å². The molecule has 0 radical (unpaired) electrons. The Kier molecular flexibility index (Phi) is 5.37. The van der Waals surface area contributed by atoms with Gasteiger partial charge in [0.25, 0.3) is 0 Å². The van der Waals surface area contributed by atoms with Crippen molar-refractivity contribution in [3.63, 3.8) is 0 Å². The van der Waals surface area contributed by atoms with Crippen molar-refractivity contribution in [1.29, 1.82) is 0 Å². The van der Waals surface area contributed by atoms with Crippen LogP contribution in [0.1, 0.15) is 19.8 Å². The second kappa shape index (κ2) is 6.56. The van der Waals surface area contributed by atoms with E-state index in [9.17, 15) is 14.7 Å². The summed E-state index contributed by atoms with van der Waals surface area (Å²) in [4.78, 5) is 24.7. The Labute approximate surface area is 101 Å². The smallest absolute Gasteiger partial charge is 0.240 e. The van der Waals surface area contributed by atoms with Gasteiger partial charge in [-0.05, 0) is 12.8 Å². The molecular formula is C11H21N3O3. The van der Waals surface area contributed by atoms with Crippen LogP contribution in [0.4, 0.5) is 0 Å². The zero-order valence-electron chi connectivity index (χ0n) is 10.4. The number of rotatable bonds is 5. The Morgan fingerprint density at radius 3 is 2.76 bits per heavy atom. The number of likely N-dealkylation sites (N-methyl/N-ethyl adjacent to an activating group) is 1. The first-order chi connectivity index (χ1) is 8.04. The average molecular weight is 243 g/mol. The lowest BCUT2D eigenvalue weighted by atomic mass is 10.2. The van der Waals surface area contributed by atoms with E-state index >= 15 is 0 Å². The number of nitrogens with zero attached hydrogens (tertiary/aromatic N) is 1. The number of aliphatic hydroxyl groups is 1. The van der Waals surface area contributed by atoms with Crippen LogP contribution in [0.3, 0.4) is 0 Å². The van der Waals surface area contributed by atoms with Gasteiger partial charge >= 0.3 is 0 Å². The molecule has 1 aliphatic heterocycles. The van der Waals surface area contributed by atoms with E-state index in [4.69, 9.17) is 0 Å². The van der Waals surface area contributed by atoms with Crippen LogP contribution in [0, 0.1) is 0 Å². The molecule has 2 unspecified atom stereocenters. The van der Waals surface area contributed by atoms with E-state index in [1.807, 2.05) is 6.92 Å². The summed E-state index contributed by atoms with van der Waals surface area (Å²) in [7, 11) is 1.60. The molecule has 0 spiro atoms. The predicted molar refractivity (Wildman–Crippen MR) is 63.4 cm³/mol. The van der Waals surface area contributed by atoms with Gasteiger partial charge in [-0.3, -0.25) is 9.59 Å². The van der Waals surface area contributed by atoms with Gasteiger partial charge in [-0.2, -0.15) is 0 Å². The van der Waals surface area contributed by atoms with E-state index in [0.29, 0.717) is 19.5 Å². The highest BCUT2D eigenvalue weighted by molar-refractivity contribution is 5.87. The van der Waals surface area contributed by atoms with Gasteiger partial charge in [-0.15, -0.1) is 0 Å². The third-order valence-corrected chi connectivity index (χ3v) is 2.73. The maximum Gasteiger partial charge on any atom is 0.240 e. The highest BCUT2D eigenvalue weighted by atomic mass is 16.3. The number of carbonyl (C=O) groups is 2. The summed E-state index contributed by atoms with van der Waals surface area (Å²) in [5, 5.41) is 15.0. The molecule has 0 aliphatic carbocycles. The van der Waals surface area contributed by atoms with E-state index in [1.54, 1.807) is 7.05 Å². The molecule has 6 heteroatoms. The molecule has 0 saturated carbocycles. The zero-order valence-corrected chi connectivity index (χ0v) is 10.4. The van der Waals surface area contributed by atoms with E-state index in [0.717, 1.165) is 6.42 Å². The van der Waals surface area contributed by atoms with Gasteiger partial charge in [-0.1, -0.05) is 6.92 Å². The van der Waals surface area contributed by atoms with E-state index in [1.165, 1.54) is 4.90 Å². The molecule has 98 valence electrons. The Morgan fingerprint density at radius 2 is 2.24 bits per heavy atom. The first-order valence-electron chi connectivity index (χ1n) is 5.97. The maximum atomic E-state index is 11.9. The van der Waals surface area contributed by atoms with Crippen LogP contribution in [0.25, 0.3) is 0 Å². The van der Waals surface area contributed by atoms with Crippen molar-refractivity contribution in [2.45, 2.75) is 31.9 Å². The fourth-order valence-electron chi connectivity index (χ4n) is 1.78. The minimum absolute atomic E-state index is 0.0626. The highest BCUT2D eigenvalue weighted by Crippen LogP contribution is 2.08. The number of hydrogen-bond acceptors (Lipinski definition) is 4. The number of aliphatic hydroxyl groups excluding tert-OH is 1. The molecule has 0 aromatic rings. The van der Waals surface area contributed by atoms with Gasteiger partial charge in [0.2, 0.25) is 11.8 Å². The molecule has 0 bridgehead atoms. The average Bonchev–Trinajstić information content (AvgIpc) is 2.72. The lowest BCUT2D eigenvalue weighted by Crippen LogP contribution is -2.45. The molecule has 3 N–H and O–H groups in total. The van der Waals surface area contributed by atoms with Crippen molar-refractivity contribution in [3.05, 3.63) is 0 Å². The summed E-state index contributed by atoms with van der Waals surface area (Å²) in [5.41, 5.74) is 0. The Bertz CT molecular complexity index is 283. The molecule has 2 atom stereocenters. The first-order valence-corrected chi connectivity index (χ1v) is 5.97. The van der Waals surface area contributed by atoms with E-state index in [-0.39, 0.29) is 24.4 Å². The maximum absolute atomic E-state index is 11.9. The van der Waals surface area contributed by atoms with Crippen molar-refractivity contribution in [2.24, 2.45) is 0 Å². The summed E-state index contributed by atoms with van der Waals surface area (Å²) in [6, 6.07) is -0.367. The Balaban J connectivity index is 2.34. The molecular weight excluding hydrogens is 222 g/mol. The van der Waals surface area contributed by atoms with Crippen LogP contribution in [-0.2, 0) is 9.59 Å². The molecule has 1 heterocycles. The molecule has 1 aliphatic rings. The van der Waals surface area contributed by atoms with Crippen LogP contribution in [0.15, 0.2) is 0 Å². The molecule has 0 aromatic carbocycles. The molecule has 0 aromatic heterocycles. The summed E-state index contributed by atoms with van der Waals surface area (Å²) < 4.78 is 0. The van der Waals surface area contributed by atoms with Gasteiger partial charge in [0.05, 0.1) is 18.7 Å². The number of nitrogens with one attached hydrogen (secondary N) is 2. The van der Waals surface area contributed by atoms with Gasteiger partial charge in [0.15, 0.2) is 0 Å². The Morgan fingerprint density at radius 1 is 1.53 bits per heavy atom. The van der Waals surface area contributed by atoms with E-state index in [2.05, 4.69) is 10.6 Å². The van der Waals surface area contributed by atoms with Gasteiger partial charge in [-0.25, -0.2) is 0 Å². The van der Waals surface area contributed by atoms with Crippen molar-refractivity contribution in [3.8, 4) is 0 Å². The largest absolute Gasteiger partial charge is 0.392 e. The van der Waals surface area contributed by atoms with Crippen LogP contribution in [0.2, 0.25) is 0 Å². The Hall–Kier alpha value is -1.14. The second-order valence-corrected chi connectivity index (χ2v) is 4.39. The van der Waals surface area contributed by atoms with Crippen LogP contribution in [-0.4, -0.2) is 60.6 Å². The monoisotopic (exact) mass is 243 g/mol. The van der Waals surface area contributed by atoms with Gasteiger partial charge in [0, 0.05) is 20.1 Å². The molecule has 1 saturated heterocycles.